The lowest BCUT2D eigenvalue weighted by atomic mass is 10.1. The molecule has 3 rings (SSSR count). The minimum absolute atomic E-state index is 0.0166. The fourth-order valence-corrected chi connectivity index (χ4v) is 2.82. The van der Waals surface area contributed by atoms with Gasteiger partial charge in [-0.05, 0) is 41.5 Å². The molecule has 0 aliphatic rings. The highest BCUT2D eigenvalue weighted by atomic mass is 35.5. The number of carboxylic acid groups (broad SMARTS) is 1. The van der Waals surface area contributed by atoms with Crippen LogP contribution in [-0.2, 0) is 17.8 Å². The van der Waals surface area contributed by atoms with Crippen molar-refractivity contribution in [2.45, 2.75) is 13.0 Å². The number of aromatic nitrogens is 1. The second kappa shape index (κ2) is 6.34. The van der Waals surface area contributed by atoms with Gasteiger partial charge in [0.15, 0.2) is 0 Å². The Labute approximate surface area is 138 Å². The summed E-state index contributed by atoms with van der Waals surface area (Å²) in [5.74, 6) is -0.133. The summed E-state index contributed by atoms with van der Waals surface area (Å²) in [7, 11) is 1.60. The van der Waals surface area contributed by atoms with Gasteiger partial charge in [-0.25, -0.2) is 0 Å². The standard InChI is InChI=1S/C18H16ClNO3/c1-23-15-6-7-17-16(9-15)13(8-18(21)22)11-20(17)10-12-2-4-14(19)5-3-12/h2-7,9,11H,8,10H2,1H3,(H,21,22). The fourth-order valence-electron chi connectivity index (χ4n) is 2.70. The zero-order valence-electron chi connectivity index (χ0n) is 12.6. The first kappa shape index (κ1) is 15.4. The van der Waals surface area contributed by atoms with Crippen LogP contribution in [-0.4, -0.2) is 22.8 Å². The Bertz CT molecular complexity index is 853. The molecular formula is C18H16ClNO3. The summed E-state index contributed by atoms with van der Waals surface area (Å²) >= 11 is 5.92. The Hall–Kier alpha value is -2.46. The van der Waals surface area contributed by atoms with Gasteiger partial charge in [0.1, 0.15) is 5.75 Å². The summed E-state index contributed by atoms with van der Waals surface area (Å²) in [5.41, 5.74) is 2.86. The fraction of sp³-hybridized carbons (Fsp3) is 0.167. The average molecular weight is 330 g/mol. The van der Waals surface area contributed by atoms with Crippen LogP contribution in [0.3, 0.4) is 0 Å². The Morgan fingerprint density at radius 1 is 1.22 bits per heavy atom. The lowest BCUT2D eigenvalue weighted by Crippen LogP contribution is -2.00. The minimum atomic E-state index is -0.849. The number of methoxy groups -OCH3 is 1. The molecule has 1 N–H and O–H groups in total. The molecule has 0 saturated carbocycles. The number of fused-ring (bicyclic) bond motifs is 1. The molecule has 0 atom stereocenters. The lowest BCUT2D eigenvalue weighted by molar-refractivity contribution is -0.136. The number of hydrogen-bond acceptors (Lipinski definition) is 2. The topological polar surface area (TPSA) is 51.5 Å². The number of halogens is 1. The summed E-state index contributed by atoms with van der Waals surface area (Å²) in [6, 6.07) is 13.4. The van der Waals surface area contributed by atoms with Gasteiger partial charge in [-0.3, -0.25) is 4.79 Å². The molecule has 3 aromatic rings. The van der Waals surface area contributed by atoms with Gasteiger partial charge in [-0.1, -0.05) is 23.7 Å². The van der Waals surface area contributed by atoms with Gasteiger partial charge in [0.2, 0.25) is 0 Å². The van der Waals surface area contributed by atoms with Crippen molar-refractivity contribution in [3.8, 4) is 5.75 Å². The predicted molar refractivity (Wildman–Crippen MR) is 90.4 cm³/mol. The molecule has 0 aliphatic heterocycles. The van der Waals surface area contributed by atoms with Crippen molar-refractivity contribution in [1.29, 1.82) is 0 Å². The summed E-state index contributed by atoms with van der Waals surface area (Å²) in [6.45, 7) is 0.652. The largest absolute Gasteiger partial charge is 0.497 e. The maximum Gasteiger partial charge on any atom is 0.307 e. The van der Waals surface area contributed by atoms with Gasteiger partial charge >= 0.3 is 5.97 Å². The molecule has 1 aromatic heterocycles. The molecule has 1 heterocycles. The number of ether oxygens (including phenoxy) is 1. The van der Waals surface area contributed by atoms with Crippen molar-refractivity contribution in [2.75, 3.05) is 7.11 Å². The highest BCUT2D eigenvalue weighted by molar-refractivity contribution is 6.30. The van der Waals surface area contributed by atoms with E-state index in [2.05, 4.69) is 4.57 Å². The molecule has 4 nitrogen and oxygen atoms in total. The number of nitrogens with zero attached hydrogens (tertiary/aromatic N) is 1. The number of carboxylic acids is 1. The lowest BCUT2D eigenvalue weighted by Gasteiger charge is -2.06. The van der Waals surface area contributed by atoms with Gasteiger partial charge < -0.3 is 14.4 Å². The van der Waals surface area contributed by atoms with Crippen LogP contribution in [0, 0.1) is 0 Å². The van der Waals surface area contributed by atoms with Gasteiger partial charge in [0, 0.05) is 28.7 Å². The van der Waals surface area contributed by atoms with E-state index in [1.165, 1.54) is 0 Å². The van der Waals surface area contributed by atoms with Crippen molar-refractivity contribution >= 4 is 28.5 Å². The molecule has 5 heteroatoms. The van der Waals surface area contributed by atoms with Crippen LogP contribution in [0.15, 0.2) is 48.7 Å². The van der Waals surface area contributed by atoms with Crippen LogP contribution >= 0.6 is 11.6 Å². The molecule has 118 valence electrons. The van der Waals surface area contributed by atoms with Gasteiger partial charge in [-0.15, -0.1) is 0 Å². The summed E-state index contributed by atoms with van der Waals surface area (Å²) in [6.07, 6.45) is 1.88. The van der Waals surface area contributed by atoms with Crippen LogP contribution in [0.5, 0.6) is 5.75 Å². The number of benzene rings is 2. The van der Waals surface area contributed by atoms with E-state index in [0.29, 0.717) is 17.3 Å². The molecule has 0 unspecified atom stereocenters. The molecule has 0 fully saturated rings. The Kier molecular flexibility index (Phi) is 4.26. The Morgan fingerprint density at radius 3 is 2.61 bits per heavy atom. The van der Waals surface area contributed by atoms with Crippen LogP contribution in [0.4, 0.5) is 0 Å². The second-order valence-electron chi connectivity index (χ2n) is 5.36. The maximum absolute atomic E-state index is 11.1. The zero-order chi connectivity index (χ0) is 16.4. The SMILES string of the molecule is COc1ccc2c(c1)c(CC(=O)O)cn2Cc1ccc(Cl)cc1. The third-order valence-corrected chi connectivity index (χ3v) is 4.03. The monoisotopic (exact) mass is 329 g/mol. The van der Waals surface area contributed by atoms with E-state index in [1.54, 1.807) is 7.11 Å². The first-order valence-electron chi connectivity index (χ1n) is 7.19. The molecule has 23 heavy (non-hydrogen) atoms. The number of carbonyl (C=O) groups is 1. The van der Waals surface area contributed by atoms with Crippen molar-refractivity contribution in [1.82, 2.24) is 4.57 Å². The van der Waals surface area contributed by atoms with E-state index < -0.39 is 5.97 Å². The summed E-state index contributed by atoms with van der Waals surface area (Å²) in [5, 5.41) is 10.7. The predicted octanol–water partition coefficient (Wildman–Crippen LogP) is 3.98. The first-order valence-corrected chi connectivity index (χ1v) is 7.56. The third kappa shape index (κ3) is 3.32. The molecule has 0 aliphatic carbocycles. The number of aliphatic carboxylic acids is 1. The highest BCUT2D eigenvalue weighted by Gasteiger charge is 2.12. The smallest absolute Gasteiger partial charge is 0.307 e. The molecular weight excluding hydrogens is 314 g/mol. The van der Waals surface area contributed by atoms with Crippen LogP contribution in [0.25, 0.3) is 10.9 Å². The number of hydrogen-bond donors (Lipinski definition) is 1. The van der Waals surface area contributed by atoms with E-state index >= 15 is 0 Å². The van der Waals surface area contributed by atoms with E-state index in [1.807, 2.05) is 48.7 Å². The first-order chi connectivity index (χ1) is 11.1. The molecule has 0 saturated heterocycles. The molecule has 0 radical (unpaired) electrons. The molecule has 0 amide bonds. The van der Waals surface area contributed by atoms with E-state index in [-0.39, 0.29) is 6.42 Å². The van der Waals surface area contributed by atoms with Crippen molar-refractivity contribution in [2.24, 2.45) is 0 Å². The molecule has 0 spiro atoms. The normalized spacial score (nSPS) is 10.9. The van der Waals surface area contributed by atoms with Crippen LogP contribution in [0.2, 0.25) is 5.02 Å². The van der Waals surface area contributed by atoms with Gasteiger partial charge in [0.25, 0.3) is 0 Å². The second-order valence-corrected chi connectivity index (χ2v) is 5.80. The quantitative estimate of drug-likeness (QED) is 0.770. The van der Waals surface area contributed by atoms with Crippen molar-refractivity contribution in [3.63, 3.8) is 0 Å². The number of rotatable bonds is 5. The van der Waals surface area contributed by atoms with Crippen LogP contribution < -0.4 is 4.74 Å². The van der Waals surface area contributed by atoms with E-state index in [0.717, 1.165) is 22.0 Å². The summed E-state index contributed by atoms with van der Waals surface area (Å²) < 4.78 is 7.30. The van der Waals surface area contributed by atoms with Gasteiger partial charge in [0.05, 0.1) is 13.5 Å². The maximum atomic E-state index is 11.1. The van der Waals surface area contributed by atoms with Crippen molar-refractivity contribution < 1.29 is 14.6 Å². The van der Waals surface area contributed by atoms with Crippen molar-refractivity contribution in [3.05, 3.63) is 64.8 Å². The Morgan fingerprint density at radius 2 is 1.96 bits per heavy atom. The van der Waals surface area contributed by atoms with Crippen LogP contribution in [0.1, 0.15) is 11.1 Å². The Balaban J connectivity index is 2.05. The average Bonchev–Trinajstić information content (AvgIpc) is 2.86. The van der Waals surface area contributed by atoms with Gasteiger partial charge in [-0.2, -0.15) is 0 Å². The van der Waals surface area contributed by atoms with E-state index in [9.17, 15) is 4.79 Å². The zero-order valence-corrected chi connectivity index (χ0v) is 13.4. The highest BCUT2D eigenvalue weighted by Crippen LogP contribution is 2.27. The van der Waals surface area contributed by atoms with E-state index in [4.69, 9.17) is 21.4 Å². The molecule has 0 bridgehead atoms. The summed E-state index contributed by atoms with van der Waals surface area (Å²) in [4.78, 5) is 11.1. The minimum Gasteiger partial charge on any atom is -0.497 e. The molecule has 2 aromatic carbocycles. The third-order valence-electron chi connectivity index (χ3n) is 3.78.